The van der Waals surface area contributed by atoms with Crippen molar-refractivity contribution in [2.24, 2.45) is 0 Å². The lowest BCUT2D eigenvalue weighted by atomic mass is 10.2. The molecular weight excluding hydrogens is 478 g/mol. The minimum Gasteiger partial charge on any atom is -0.351 e. The molecular formula is C20H23Cl4F2N3O. The van der Waals surface area contributed by atoms with Gasteiger partial charge in [0.15, 0.2) is 11.6 Å². The van der Waals surface area contributed by atoms with Gasteiger partial charge < -0.3 is 5.32 Å². The summed E-state index contributed by atoms with van der Waals surface area (Å²) in [5.41, 5.74) is 1.13. The zero-order valence-electron chi connectivity index (χ0n) is 16.0. The lowest BCUT2D eigenvalue weighted by molar-refractivity contribution is 0.0933. The predicted molar refractivity (Wildman–Crippen MR) is 121 cm³/mol. The van der Waals surface area contributed by atoms with Gasteiger partial charge in [-0.25, -0.2) is 8.78 Å². The molecule has 1 fully saturated rings. The van der Waals surface area contributed by atoms with Crippen LogP contribution in [0.15, 0.2) is 36.4 Å². The van der Waals surface area contributed by atoms with Gasteiger partial charge in [-0.05, 0) is 42.0 Å². The number of carbonyl (C=O) groups excluding carboxylic acids is 1. The van der Waals surface area contributed by atoms with Gasteiger partial charge in [0.05, 0.1) is 0 Å². The number of halogens is 6. The normalized spacial score (nSPS) is 14.5. The van der Waals surface area contributed by atoms with E-state index in [1.165, 1.54) is 6.07 Å². The molecule has 1 heterocycles. The molecule has 1 aliphatic rings. The zero-order valence-corrected chi connectivity index (χ0v) is 19.2. The van der Waals surface area contributed by atoms with Crippen LogP contribution in [-0.4, -0.2) is 55.0 Å². The highest BCUT2D eigenvalue weighted by Crippen LogP contribution is 2.22. The van der Waals surface area contributed by atoms with Crippen molar-refractivity contribution in [1.82, 2.24) is 15.1 Å². The topological polar surface area (TPSA) is 35.6 Å². The molecule has 166 valence electrons. The molecule has 0 saturated carbocycles. The Morgan fingerprint density at radius 3 is 2.27 bits per heavy atom. The fourth-order valence-electron chi connectivity index (χ4n) is 3.14. The lowest BCUT2D eigenvalue weighted by Crippen LogP contribution is -2.48. The summed E-state index contributed by atoms with van der Waals surface area (Å²) in [5.74, 6) is -2.40. The maximum atomic E-state index is 13.2. The van der Waals surface area contributed by atoms with E-state index in [2.05, 4.69) is 15.1 Å². The van der Waals surface area contributed by atoms with E-state index in [1.807, 2.05) is 12.1 Å². The van der Waals surface area contributed by atoms with Crippen LogP contribution in [0.25, 0.3) is 0 Å². The van der Waals surface area contributed by atoms with Gasteiger partial charge in [0, 0.05) is 61.4 Å². The molecule has 0 aliphatic carbocycles. The smallest absolute Gasteiger partial charge is 0.251 e. The Kier molecular flexibility index (Phi) is 11.3. The summed E-state index contributed by atoms with van der Waals surface area (Å²) in [6.07, 6.45) is 0. The SMILES string of the molecule is Cl.Cl.O=C(NCCN1CCN(Cc2cc(Cl)ccc2Cl)CC1)c1ccc(F)c(F)c1. The van der Waals surface area contributed by atoms with Gasteiger partial charge in [-0.15, -0.1) is 24.8 Å². The minimum absolute atomic E-state index is 0. The van der Waals surface area contributed by atoms with Crippen LogP contribution in [0.3, 0.4) is 0 Å². The fraction of sp³-hybridized carbons (Fsp3) is 0.350. The quantitative estimate of drug-likeness (QED) is 0.626. The second-order valence-corrected chi connectivity index (χ2v) is 7.58. The monoisotopic (exact) mass is 499 g/mol. The molecule has 1 saturated heterocycles. The molecule has 0 radical (unpaired) electrons. The molecule has 1 N–H and O–H groups in total. The van der Waals surface area contributed by atoms with Crippen LogP contribution in [0.5, 0.6) is 0 Å². The Labute approximate surface area is 197 Å². The van der Waals surface area contributed by atoms with Crippen LogP contribution >= 0.6 is 48.0 Å². The van der Waals surface area contributed by atoms with Crippen LogP contribution in [0.1, 0.15) is 15.9 Å². The Balaban J connectivity index is 0.00000225. The first-order valence-corrected chi connectivity index (χ1v) is 9.80. The molecule has 4 nitrogen and oxygen atoms in total. The Hall–Kier alpha value is -1.15. The van der Waals surface area contributed by atoms with E-state index >= 15 is 0 Å². The summed E-state index contributed by atoms with van der Waals surface area (Å²) in [5, 5.41) is 4.13. The van der Waals surface area contributed by atoms with Crippen LogP contribution < -0.4 is 5.32 Å². The summed E-state index contributed by atoms with van der Waals surface area (Å²) in [6.45, 7) is 5.41. The molecule has 0 unspecified atom stereocenters. The van der Waals surface area contributed by atoms with Crippen LogP contribution in [0, 0.1) is 11.6 Å². The van der Waals surface area contributed by atoms with Crippen molar-refractivity contribution in [3.63, 3.8) is 0 Å². The highest BCUT2D eigenvalue weighted by atomic mass is 35.5. The average molecular weight is 501 g/mol. The van der Waals surface area contributed by atoms with Crippen LogP contribution in [0.2, 0.25) is 10.0 Å². The van der Waals surface area contributed by atoms with E-state index in [9.17, 15) is 13.6 Å². The fourth-order valence-corrected chi connectivity index (χ4v) is 3.52. The number of amides is 1. The van der Waals surface area contributed by atoms with Gasteiger partial charge in [-0.2, -0.15) is 0 Å². The average Bonchev–Trinajstić information content (AvgIpc) is 2.68. The van der Waals surface area contributed by atoms with Crippen LogP contribution in [-0.2, 0) is 6.54 Å². The van der Waals surface area contributed by atoms with E-state index in [-0.39, 0.29) is 30.4 Å². The molecule has 0 spiro atoms. The molecule has 3 rings (SSSR count). The number of nitrogens with one attached hydrogen (secondary N) is 1. The first kappa shape index (κ1) is 26.9. The first-order valence-electron chi connectivity index (χ1n) is 9.04. The molecule has 1 amide bonds. The van der Waals surface area contributed by atoms with Crippen molar-refractivity contribution in [1.29, 1.82) is 0 Å². The Bertz CT molecular complexity index is 849. The van der Waals surface area contributed by atoms with E-state index in [1.54, 1.807) is 6.07 Å². The molecule has 0 atom stereocenters. The third-order valence-corrected chi connectivity index (χ3v) is 5.37. The zero-order chi connectivity index (χ0) is 20.1. The molecule has 0 aromatic heterocycles. The summed E-state index contributed by atoms with van der Waals surface area (Å²) in [7, 11) is 0. The van der Waals surface area contributed by atoms with Crippen molar-refractivity contribution in [2.45, 2.75) is 6.54 Å². The predicted octanol–water partition coefficient (Wildman–Crippen LogP) is 4.66. The summed E-state index contributed by atoms with van der Waals surface area (Å²) < 4.78 is 26.1. The van der Waals surface area contributed by atoms with E-state index in [4.69, 9.17) is 23.2 Å². The number of hydrogen-bond donors (Lipinski definition) is 1. The van der Waals surface area contributed by atoms with Crippen molar-refractivity contribution < 1.29 is 13.6 Å². The van der Waals surface area contributed by atoms with Gasteiger partial charge >= 0.3 is 0 Å². The number of benzene rings is 2. The van der Waals surface area contributed by atoms with E-state index < -0.39 is 17.5 Å². The van der Waals surface area contributed by atoms with Crippen molar-refractivity contribution in [2.75, 3.05) is 39.3 Å². The van der Waals surface area contributed by atoms with Crippen molar-refractivity contribution >= 4 is 53.9 Å². The van der Waals surface area contributed by atoms with Gasteiger partial charge in [0.25, 0.3) is 5.91 Å². The first-order chi connectivity index (χ1) is 13.4. The number of carbonyl (C=O) groups is 1. The van der Waals surface area contributed by atoms with E-state index in [0.717, 1.165) is 50.4 Å². The number of nitrogens with zero attached hydrogens (tertiary/aromatic N) is 2. The van der Waals surface area contributed by atoms with Crippen molar-refractivity contribution in [3.05, 3.63) is 69.2 Å². The number of piperazine rings is 1. The van der Waals surface area contributed by atoms with Gasteiger partial charge in [-0.3, -0.25) is 14.6 Å². The summed E-state index contributed by atoms with van der Waals surface area (Å²) >= 11 is 12.3. The molecule has 10 heteroatoms. The number of rotatable bonds is 6. The Morgan fingerprint density at radius 2 is 1.60 bits per heavy atom. The number of hydrogen-bond acceptors (Lipinski definition) is 3. The van der Waals surface area contributed by atoms with E-state index in [0.29, 0.717) is 23.1 Å². The summed E-state index contributed by atoms with van der Waals surface area (Å²) in [4.78, 5) is 16.6. The minimum atomic E-state index is -1.02. The Morgan fingerprint density at radius 1 is 0.933 bits per heavy atom. The highest BCUT2D eigenvalue weighted by molar-refractivity contribution is 6.33. The largest absolute Gasteiger partial charge is 0.351 e. The van der Waals surface area contributed by atoms with Crippen molar-refractivity contribution in [3.8, 4) is 0 Å². The maximum absolute atomic E-state index is 13.2. The molecule has 2 aromatic carbocycles. The molecule has 30 heavy (non-hydrogen) atoms. The standard InChI is InChI=1S/C20H21Cl2F2N3O.2ClH/c21-16-2-3-17(22)15(11-16)13-27-9-7-26(8-10-27)6-5-25-20(28)14-1-4-18(23)19(24)12-14;;/h1-4,11-12H,5-10,13H2,(H,25,28);2*1H. The third-order valence-electron chi connectivity index (χ3n) is 4.76. The third kappa shape index (κ3) is 7.52. The summed E-state index contributed by atoms with van der Waals surface area (Å²) in [6, 6.07) is 8.61. The molecule has 2 aromatic rings. The second kappa shape index (κ2) is 12.6. The molecule has 0 bridgehead atoms. The van der Waals surface area contributed by atoms with Gasteiger partial charge in [-0.1, -0.05) is 23.2 Å². The second-order valence-electron chi connectivity index (χ2n) is 6.74. The maximum Gasteiger partial charge on any atom is 0.251 e. The van der Waals surface area contributed by atoms with Gasteiger partial charge in [0.2, 0.25) is 0 Å². The molecule has 1 aliphatic heterocycles. The highest BCUT2D eigenvalue weighted by Gasteiger charge is 2.18. The lowest BCUT2D eigenvalue weighted by Gasteiger charge is -2.34. The van der Waals surface area contributed by atoms with Gasteiger partial charge in [0.1, 0.15) is 0 Å². The van der Waals surface area contributed by atoms with Crippen LogP contribution in [0.4, 0.5) is 8.78 Å².